The third kappa shape index (κ3) is 5.03. The van der Waals surface area contributed by atoms with E-state index in [1.54, 1.807) is 25.1 Å². The van der Waals surface area contributed by atoms with Crippen LogP contribution < -0.4 is 5.32 Å². The highest BCUT2D eigenvalue weighted by Crippen LogP contribution is 2.23. The maximum atomic E-state index is 12.0. The van der Waals surface area contributed by atoms with Gasteiger partial charge in [0, 0.05) is 12.1 Å². The van der Waals surface area contributed by atoms with Gasteiger partial charge in [-0.1, -0.05) is 12.1 Å². The molecule has 0 saturated carbocycles. The van der Waals surface area contributed by atoms with E-state index in [1.165, 1.54) is 31.2 Å². The quantitative estimate of drug-likeness (QED) is 0.373. The predicted molar refractivity (Wildman–Crippen MR) is 89.8 cm³/mol. The molecule has 0 aliphatic rings. The molecule has 0 fully saturated rings. The first-order chi connectivity index (χ1) is 11.9. The molecule has 1 N–H and O–H groups in total. The monoisotopic (exact) mass is 344 g/mol. The third-order valence-electron chi connectivity index (χ3n) is 3.17. The van der Waals surface area contributed by atoms with Gasteiger partial charge in [0.25, 0.3) is 11.6 Å². The summed E-state index contributed by atoms with van der Waals surface area (Å²) in [6, 6.07) is 9.12. The maximum Gasteiger partial charge on any atom is 0.331 e. The number of benzene rings is 1. The summed E-state index contributed by atoms with van der Waals surface area (Å²) in [4.78, 5) is 34.1. The standard InChI is InChI=1S/C17H16N2O6/c1-11-7-8-13(24-11)9-10-16(20)25-12(2)17(21)18-14-5-3-4-6-15(14)19(22)23/h3-10,12H,1-2H3,(H,18,21)/b10-9+. The molecular formula is C17H16N2O6. The number of aryl methyl sites for hydroxylation is 1. The van der Waals surface area contributed by atoms with Crippen molar-refractivity contribution in [1.82, 2.24) is 0 Å². The van der Waals surface area contributed by atoms with E-state index >= 15 is 0 Å². The first-order valence-corrected chi connectivity index (χ1v) is 7.36. The van der Waals surface area contributed by atoms with Crippen LogP contribution in [0.5, 0.6) is 0 Å². The summed E-state index contributed by atoms with van der Waals surface area (Å²) in [6.45, 7) is 3.14. The number of furan rings is 1. The minimum Gasteiger partial charge on any atom is -0.462 e. The molecule has 0 bridgehead atoms. The smallest absolute Gasteiger partial charge is 0.331 e. The number of anilines is 1. The van der Waals surface area contributed by atoms with E-state index in [0.29, 0.717) is 11.5 Å². The molecular weight excluding hydrogens is 328 g/mol. The molecule has 1 heterocycles. The molecule has 2 aromatic rings. The average Bonchev–Trinajstić information content (AvgIpc) is 2.98. The number of nitro groups is 1. The second-order valence-corrected chi connectivity index (χ2v) is 5.12. The molecule has 2 rings (SSSR count). The van der Waals surface area contributed by atoms with E-state index in [4.69, 9.17) is 9.15 Å². The number of carbonyl (C=O) groups excluding carboxylic acids is 2. The zero-order valence-electron chi connectivity index (χ0n) is 13.6. The number of nitrogens with zero attached hydrogens (tertiary/aromatic N) is 1. The van der Waals surface area contributed by atoms with Gasteiger partial charge >= 0.3 is 5.97 Å². The highest BCUT2D eigenvalue weighted by atomic mass is 16.6. The first kappa shape index (κ1) is 17.9. The summed E-state index contributed by atoms with van der Waals surface area (Å²) in [7, 11) is 0. The third-order valence-corrected chi connectivity index (χ3v) is 3.17. The van der Waals surface area contributed by atoms with Gasteiger partial charge in [0.2, 0.25) is 0 Å². The van der Waals surface area contributed by atoms with Crippen molar-refractivity contribution in [2.75, 3.05) is 5.32 Å². The molecule has 1 amide bonds. The number of hydrogen-bond donors (Lipinski definition) is 1. The Labute approximate surface area is 143 Å². The van der Waals surface area contributed by atoms with Gasteiger partial charge in [-0.05, 0) is 38.1 Å². The number of nitrogens with one attached hydrogen (secondary N) is 1. The van der Waals surface area contributed by atoms with Gasteiger partial charge in [-0.25, -0.2) is 4.79 Å². The van der Waals surface area contributed by atoms with Gasteiger partial charge in [0.05, 0.1) is 4.92 Å². The molecule has 8 nitrogen and oxygen atoms in total. The Morgan fingerprint density at radius 2 is 2.00 bits per heavy atom. The van der Waals surface area contributed by atoms with E-state index in [1.807, 2.05) is 0 Å². The van der Waals surface area contributed by atoms with Gasteiger partial charge in [0.15, 0.2) is 6.10 Å². The Kier molecular flexibility index (Phi) is 5.67. The number of carbonyl (C=O) groups is 2. The second kappa shape index (κ2) is 7.91. The Hall–Kier alpha value is -3.42. The Morgan fingerprint density at radius 1 is 1.28 bits per heavy atom. The van der Waals surface area contributed by atoms with Crippen LogP contribution in [0.15, 0.2) is 46.9 Å². The zero-order chi connectivity index (χ0) is 18.4. The van der Waals surface area contributed by atoms with Crippen molar-refractivity contribution >= 4 is 29.3 Å². The van der Waals surface area contributed by atoms with Gasteiger partial charge < -0.3 is 14.5 Å². The Bertz CT molecular complexity index is 824. The number of ether oxygens (including phenoxy) is 1. The summed E-state index contributed by atoms with van der Waals surface area (Å²) in [5, 5.41) is 13.3. The highest BCUT2D eigenvalue weighted by molar-refractivity contribution is 5.98. The molecule has 25 heavy (non-hydrogen) atoms. The second-order valence-electron chi connectivity index (χ2n) is 5.12. The number of esters is 1. The lowest BCUT2D eigenvalue weighted by molar-refractivity contribution is -0.383. The van der Waals surface area contributed by atoms with E-state index in [0.717, 1.165) is 6.08 Å². The van der Waals surface area contributed by atoms with Gasteiger partial charge in [-0.15, -0.1) is 0 Å². The number of nitro benzene ring substituents is 1. The van der Waals surface area contributed by atoms with Crippen molar-refractivity contribution in [2.24, 2.45) is 0 Å². The van der Waals surface area contributed by atoms with E-state index in [9.17, 15) is 19.7 Å². The zero-order valence-corrected chi connectivity index (χ0v) is 13.6. The van der Waals surface area contributed by atoms with E-state index in [-0.39, 0.29) is 11.4 Å². The lowest BCUT2D eigenvalue weighted by Crippen LogP contribution is -2.29. The largest absolute Gasteiger partial charge is 0.462 e. The number of rotatable bonds is 6. The lowest BCUT2D eigenvalue weighted by Gasteiger charge is -2.12. The molecule has 1 aromatic carbocycles. The van der Waals surface area contributed by atoms with Crippen LogP contribution in [0, 0.1) is 17.0 Å². The van der Waals surface area contributed by atoms with Crippen LogP contribution in [0.4, 0.5) is 11.4 Å². The minimum atomic E-state index is -1.13. The number of amides is 1. The molecule has 8 heteroatoms. The topological polar surface area (TPSA) is 112 Å². The fourth-order valence-electron chi connectivity index (χ4n) is 1.93. The van der Waals surface area contributed by atoms with Gasteiger partial charge in [-0.3, -0.25) is 14.9 Å². The predicted octanol–water partition coefficient (Wildman–Crippen LogP) is 3.08. The lowest BCUT2D eigenvalue weighted by atomic mass is 10.2. The summed E-state index contributed by atoms with van der Waals surface area (Å²) >= 11 is 0. The van der Waals surface area contributed by atoms with Crippen molar-refractivity contribution in [3.8, 4) is 0 Å². The van der Waals surface area contributed by atoms with Gasteiger partial charge in [-0.2, -0.15) is 0 Å². The minimum absolute atomic E-state index is 0.0296. The van der Waals surface area contributed by atoms with Crippen LogP contribution in [0.3, 0.4) is 0 Å². The fourth-order valence-corrected chi connectivity index (χ4v) is 1.93. The molecule has 1 aromatic heterocycles. The Morgan fingerprint density at radius 3 is 2.64 bits per heavy atom. The molecule has 1 unspecified atom stereocenters. The summed E-state index contributed by atoms with van der Waals surface area (Å²) in [5.41, 5.74) is -0.218. The molecule has 0 aliphatic carbocycles. The van der Waals surface area contributed by atoms with Crippen molar-refractivity contribution in [2.45, 2.75) is 20.0 Å². The number of para-hydroxylation sites is 2. The molecule has 0 spiro atoms. The molecule has 130 valence electrons. The fraction of sp³-hybridized carbons (Fsp3) is 0.176. The van der Waals surface area contributed by atoms with E-state index < -0.39 is 22.9 Å². The van der Waals surface area contributed by atoms with Crippen molar-refractivity contribution in [3.63, 3.8) is 0 Å². The van der Waals surface area contributed by atoms with E-state index in [2.05, 4.69) is 5.32 Å². The van der Waals surface area contributed by atoms with Crippen molar-refractivity contribution in [3.05, 3.63) is 64.1 Å². The van der Waals surface area contributed by atoms with Crippen molar-refractivity contribution < 1.29 is 23.7 Å². The van der Waals surface area contributed by atoms with Crippen molar-refractivity contribution in [1.29, 1.82) is 0 Å². The van der Waals surface area contributed by atoms with Gasteiger partial charge in [0.1, 0.15) is 17.2 Å². The van der Waals surface area contributed by atoms with Crippen LogP contribution in [-0.2, 0) is 14.3 Å². The molecule has 1 atom stereocenters. The maximum absolute atomic E-state index is 12.0. The van der Waals surface area contributed by atoms with Crippen LogP contribution in [0.1, 0.15) is 18.4 Å². The summed E-state index contributed by atoms with van der Waals surface area (Å²) < 4.78 is 10.2. The average molecular weight is 344 g/mol. The summed E-state index contributed by atoms with van der Waals surface area (Å²) in [6.07, 6.45) is 1.42. The van der Waals surface area contributed by atoms with Crippen LogP contribution >= 0.6 is 0 Å². The Balaban J connectivity index is 1.95. The van der Waals surface area contributed by atoms with Crippen LogP contribution in [0.2, 0.25) is 0 Å². The van der Waals surface area contributed by atoms with Crippen LogP contribution in [0.25, 0.3) is 6.08 Å². The molecule has 0 aliphatic heterocycles. The number of hydrogen-bond acceptors (Lipinski definition) is 6. The van der Waals surface area contributed by atoms with Crippen LogP contribution in [-0.4, -0.2) is 22.9 Å². The SMILES string of the molecule is Cc1ccc(/C=C/C(=O)OC(C)C(=O)Nc2ccccc2[N+](=O)[O-])o1. The summed E-state index contributed by atoms with van der Waals surface area (Å²) in [5.74, 6) is -0.235. The molecule has 0 radical (unpaired) electrons. The first-order valence-electron chi connectivity index (χ1n) is 7.36. The highest BCUT2D eigenvalue weighted by Gasteiger charge is 2.20. The normalized spacial score (nSPS) is 11.9. The molecule has 0 saturated heterocycles.